The van der Waals surface area contributed by atoms with E-state index in [1.807, 2.05) is 12.1 Å². The van der Waals surface area contributed by atoms with Gasteiger partial charge in [-0.25, -0.2) is 4.39 Å². The first kappa shape index (κ1) is 21.8. The molecule has 5 rings (SSSR count). The first-order valence-electron chi connectivity index (χ1n) is 11.3. The summed E-state index contributed by atoms with van der Waals surface area (Å²) in [5.74, 6) is 1.41. The Kier molecular flexibility index (Phi) is 5.74. The van der Waals surface area contributed by atoms with E-state index in [1.54, 1.807) is 7.11 Å². The van der Waals surface area contributed by atoms with E-state index in [2.05, 4.69) is 24.1 Å². The molecule has 6 nitrogen and oxygen atoms in total. The minimum Gasteiger partial charge on any atom is -0.493 e. The van der Waals surface area contributed by atoms with Crippen molar-refractivity contribution in [1.82, 2.24) is 4.90 Å². The van der Waals surface area contributed by atoms with E-state index in [0.29, 0.717) is 12.2 Å². The van der Waals surface area contributed by atoms with Gasteiger partial charge in [-0.05, 0) is 62.0 Å². The summed E-state index contributed by atoms with van der Waals surface area (Å²) in [6.45, 7) is 1.99. The third kappa shape index (κ3) is 4.06. The zero-order valence-corrected chi connectivity index (χ0v) is 18.9. The fraction of sp³-hybridized carbons (Fsp3) is 0.423. The van der Waals surface area contributed by atoms with Gasteiger partial charge in [0.05, 0.1) is 25.6 Å². The average molecular weight is 454 g/mol. The number of carbonyl (C=O) groups excluding carboxylic acids is 1. The Bertz CT molecular complexity index is 1070. The number of nitrogens with zero attached hydrogens (tertiary/aromatic N) is 1. The van der Waals surface area contributed by atoms with E-state index in [9.17, 15) is 9.18 Å². The van der Waals surface area contributed by atoms with E-state index < -0.39 is 0 Å². The molecule has 2 aromatic rings. The van der Waals surface area contributed by atoms with Gasteiger partial charge in [0, 0.05) is 18.5 Å². The Hall–Kier alpha value is -3.06. The summed E-state index contributed by atoms with van der Waals surface area (Å²) in [5.41, 5.74) is 2.23. The van der Waals surface area contributed by atoms with Gasteiger partial charge < -0.3 is 23.8 Å². The molecule has 0 amide bonds. The van der Waals surface area contributed by atoms with Gasteiger partial charge in [0.2, 0.25) is 0 Å². The Morgan fingerprint density at radius 2 is 2.06 bits per heavy atom. The zero-order valence-electron chi connectivity index (χ0n) is 18.9. The molecule has 1 spiro atoms. The first-order valence-corrected chi connectivity index (χ1v) is 11.3. The molecule has 0 aromatic heterocycles. The largest absolute Gasteiger partial charge is 0.493 e. The lowest BCUT2D eigenvalue weighted by Gasteiger charge is -2.36. The molecular weight excluding hydrogens is 425 g/mol. The minimum absolute atomic E-state index is 0.112. The summed E-state index contributed by atoms with van der Waals surface area (Å²) < 4.78 is 36.3. The van der Waals surface area contributed by atoms with Crippen LogP contribution in [-0.4, -0.2) is 50.4 Å². The van der Waals surface area contributed by atoms with Crippen LogP contribution in [0.1, 0.15) is 30.4 Å². The fourth-order valence-corrected chi connectivity index (χ4v) is 5.16. The second kappa shape index (κ2) is 8.71. The minimum atomic E-state index is -0.358. The number of carbonyl (C=O) groups is 1. The summed E-state index contributed by atoms with van der Waals surface area (Å²) >= 11 is 0. The Morgan fingerprint density at radius 3 is 2.85 bits per heavy atom. The van der Waals surface area contributed by atoms with Gasteiger partial charge in [-0.3, -0.25) is 4.79 Å². The smallest absolute Gasteiger partial charge is 0.309 e. The van der Waals surface area contributed by atoms with Crippen molar-refractivity contribution in [1.29, 1.82) is 0 Å². The summed E-state index contributed by atoms with van der Waals surface area (Å²) in [6.07, 6.45) is 5.34. The van der Waals surface area contributed by atoms with Crippen LogP contribution >= 0.6 is 0 Å². The Morgan fingerprint density at radius 1 is 1.24 bits per heavy atom. The molecule has 0 saturated heterocycles. The SMILES string of the molecule is COc1ccc2c3c1O[C@H]1C[C@@H](OC(=O)CCOc4ccc(F)cc4)C=C[C@@]31CCN(C)C2. The number of hydrogen-bond acceptors (Lipinski definition) is 6. The normalized spacial score (nSPS) is 25.4. The molecular formula is C26H28FNO5. The van der Waals surface area contributed by atoms with Gasteiger partial charge in [0.1, 0.15) is 23.8 Å². The van der Waals surface area contributed by atoms with E-state index >= 15 is 0 Å². The molecule has 174 valence electrons. The van der Waals surface area contributed by atoms with Crippen molar-refractivity contribution in [3.8, 4) is 17.2 Å². The standard InChI is InChI=1S/C26H28FNO5/c1-28-13-12-26-11-9-20(32-23(29)10-14-31-19-6-4-18(27)5-7-19)15-22(26)33-25-21(30-2)8-3-17(16-28)24(25)26/h3-9,11,20,22H,10,12-16H2,1-2H3/t20-,22-,26-/m0/s1. The predicted molar refractivity (Wildman–Crippen MR) is 120 cm³/mol. The highest BCUT2D eigenvalue weighted by atomic mass is 19.1. The summed E-state index contributed by atoms with van der Waals surface area (Å²) in [5, 5.41) is 0. The number of rotatable bonds is 6. The molecule has 2 aliphatic heterocycles. The van der Waals surface area contributed by atoms with Gasteiger partial charge in [-0.1, -0.05) is 12.1 Å². The monoisotopic (exact) mass is 453 g/mol. The van der Waals surface area contributed by atoms with Gasteiger partial charge in [0.25, 0.3) is 0 Å². The predicted octanol–water partition coefficient (Wildman–Crippen LogP) is 4.01. The zero-order chi connectivity index (χ0) is 23.0. The van der Waals surface area contributed by atoms with Crippen molar-refractivity contribution in [2.45, 2.75) is 43.4 Å². The fourth-order valence-electron chi connectivity index (χ4n) is 5.16. The number of benzene rings is 2. The van der Waals surface area contributed by atoms with Crippen LogP contribution in [-0.2, 0) is 21.5 Å². The van der Waals surface area contributed by atoms with E-state index in [-0.39, 0.29) is 42.4 Å². The van der Waals surface area contributed by atoms with Crippen LogP contribution in [0.25, 0.3) is 0 Å². The Balaban J connectivity index is 1.27. The molecule has 0 saturated carbocycles. The summed E-state index contributed by atoms with van der Waals surface area (Å²) in [7, 11) is 3.79. The van der Waals surface area contributed by atoms with Crippen LogP contribution in [0.5, 0.6) is 17.2 Å². The molecule has 0 fully saturated rings. The molecule has 2 aromatic carbocycles. The van der Waals surface area contributed by atoms with Gasteiger partial charge in [-0.15, -0.1) is 0 Å². The lowest BCUT2D eigenvalue weighted by molar-refractivity contribution is -0.148. The van der Waals surface area contributed by atoms with E-state index in [1.165, 1.54) is 35.4 Å². The Labute approximate surface area is 192 Å². The van der Waals surface area contributed by atoms with Crippen LogP contribution in [0, 0.1) is 5.82 Å². The highest BCUT2D eigenvalue weighted by Crippen LogP contribution is 2.55. The highest BCUT2D eigenvalue weighted by Gasteiger charge is 2.53. The van der Waals surface area contributed by atoms with E-state index in [0.717, 1.165) is 31.0 Å². The molecule has 1 aliphatic carbocycles. The van der Waals surface area contributed by atoms with Gasteiger partial charge >= 0.3 is 5.97 Å². The number of esters is 1. The van der Waals surface area contributed by atoms with Crippen LogP contribution in [0.3, 0.4) is 0 Å². The number of ether oxygens (including phenoxy) is 4. The van der Waals surface area contributed by atoms with Crippen molar-refractivity contribution < 1.29 is 28.1 Å². The maximum absolute atomic E-state index is 13.0. The average Bonchev–Trinajstić information content (AvgIpc) is 3.06. The molecule has 33 heavy (non-hydrogen) atoms. The van der Waals surface area contributed by atoms with Crippen LogP contribution in [0.2, 0.25) is 0 Å². The van der Waals surface area contributed by atoms with Crippen molar-refractivity contribution in [3.05, 3.63) is 65.5 Å². The molecule has 7 heteroatoms. The quantitative estimate of drug-likeness (QED) is 0.487. The van der Waals surface area contributed by atoms with Crippen molar-refractivity contribution >= 4 is 5.97 Å². The molecule has 0 unspecified atom stereocenters. The van der Waals surface area contributed by atoms with Crippen LogP contribution in [0.15, 0.2) is 48.6 Å². The van der Waals surface area contributed by atoms with E-state index in [4.69, 9.17) is 18.9 Å². The van der Waals surface area contributed by atoms with Crippen LogP contribution < -0.4 is 14.2 Å². The first-order chi connectivity index (χ1) is 16.0. The maximum Gasteiger partial charge on any atom is 0.309 e. The molecule has 3 atom stereocenters. The van der Waals surface area contributed by atoms with Gasteiger partial charge in [0.15, 0.2) is 11.5 Å². The van der Waals surface area contributed by atoms with Crippen molar-refractivity contribution in [2.24, 2.45) is 0 Å². The van der Waals surface area contributed by atoms with Crippen LogP contribution in [0.4, 0.5) is 4.39 Å². The highest BCUT2D eigenvalue weighted by molar-refractivity contribution is 5.70. The maximum atomic E-state index is 13.0. The lowest BCUT2D eigenvalue weighted by Crippen LogP contribution is -2.43. The molecule has 2 heterocycles. The third-order valence-electron chi connectivity index (χ3n) is 6.80. The summed E-state index contributed by atoms with van der Waals surface area (Å²) in [6, 6.07) is 9.82. The number of methoxy groups -OCH3 is 1. The number of hydrogen-bond donors (Lipinski definition) is 0. The van der Waals surface area contributed by atoms with Gasteiger partial charge in [-0.2, -0.15) is 0 Å². The lowest BCUT2D eigenvalue weighted by atomic mass is 9.69. The summed E-state index contributed by atoms with van der Waals surface area (Å²) in [4.78, 5) is 14.7. The molecule has 0 bridgehead atoms. The van der Waals surface area contributed by atoms with Crippen molar-refractivity contribution in [3.63, 3.8) is 0 Å². The molecule has 3 aliphatic rings. The third-order valence-corrected chi connectivity index (χ3v) is 6.80. The molecule has 0 radical (unpaired) electrons. The number of halogens is 1. The second-order valence-electron chi connectivity index (χ2n) is 8.94. The van der Waals surface area contributed by atoms with Crippen molar-refractivity contribution in [2.75, 3.05) is 27.3 Å². The topological polar surface area (TPSA) is 57.2 Å². The molecule has 0 N–H and O–H groups in total. The second-order valence-corrected chi connectivity index (χ2v) is 8.94.